The van der Waals surface area contributed by atoms with E-state index in [1.165, 1.54) is 0 Å². The Bertz CT molecular complexity index is 227. The predicted octanol–water partition coefficient (Wildman–Crippen LogP) is 0.987. The van der Waals surface area contributed by atoms with E-state index in [9.17, 15) is 4.79 Å². The summed E-state index contributed by atoms with van der Waals surface area (Å²) in [4.78, 5) is 11.3. The normalized spacial score (nSPS) is 19.2. The molecule has 78 valence electrons. The molecule has 1 amide bonds. The Morgan fingerprint density at radius 2 is 2.07 bits per heavy atom. The van der Waals surface area contributed by atoms with E-state index in [1.807, 2.05) is 19.1 Å². The average Bonchev–Trinajstić information content (AvgIpc) is 2.20. The fraction of sp³-hybridized carbons (Fsp3) is 0.545. The minimum Gasteiger partial charge on any atom is -0.350 e. The minimum absolute atomic E-state index is 0.00926. The van der Waals surface area contributed by atoms with E-state index in [-0.39, 0.29) is 5.91 Å². The van der Waals surface area contributed by atoms with E-state index in [4.69, 9.17) is 0 Å². The zero-order valence-corrected chi connectivity index (χ0v) is 8.62. The zero-order valence-electron chi connectivity index (χ0n) is 8.62. The van der Waals surface area contributed by atoms with Gasteiger partial charge >= 0.3 is 0 Å². The fourth-order valence-corrected chi connectivity index (χ4v) is 1.47. The molecule has 1 aliphatic heterocycles. The van der Waals surface area contributed by atoms with Crippen LogP contribution in [-0.4, -0.2) is 25.0 Å². The van der Waals surface area contributed by atoms with Gasteiger partial charge in [0.25, 0.3) is 0 Å². The van der Waals surface area contributed by atoms with Crippen molar-refractivity contribution in [3.05, 3.63) is 24.3 Å². The molecule has 0 spiro atoms. The summed E-state index contributed by atoms with van der Waals surface area (Å²) < 4.78 is 0. The van der Waals surface area contributed by atoms with Crippen LogP contribution in [0.25, 0.3) is 0 Å². The molecule has 0 aliphatic carbocycles. The topological polar surface area (TPSA) is 41.1 Å². The van der Waals surface area contributed by atoms with Crippen molar-refractivity contribution in [2.75, 3.05) is 13.1 Å². The highest BCUT2D eigenvalue weighted by Crippen LogP contribution is 2.01. The maximum Gasteiger partial charge on any atom is 0.244 e. The van der Waals surface area contributed by atoms with Crippen LogP contribution in [-0.2, 0) is 4.79 Å². The lowest BCUT2D eigenvalue weighted by Gasteiger charge is -2.22. The quantitative estimate of drug-likeness (QED) is 0.519. The lowest BCUT2D eigenvalue weighted by molar-refractivity contribution is -0.117. The molecule has 1 fully saturated rings. The van der Waals surface area contributed by atoms with Gasteiger partial charge in [0.2, 0.25) is 5.91 Å². The van der Waals surface area contributed by atoms with Gasteiger partial charge < -0.3 is 10.6 Å². The zero-order chi connectivity index (χ0) is 10.2. The van der Waals surface area contributed by atoms with Crippen LogP contribution < -0.4 is 10.6 Å². The lowest BCUT2D eigenvalue weighted by atomic mass is 10.1. The van der Waals surface area contributed by atoms with E-state index in [2.05, 4.69) is 10.6 Å². The number of hydrogen-bond donors (Lipinski definition) is 2. The van der Waals surface area contributed by atoms with E-state index >= 15 is 0 Å². The van der Waals surface area contributed by atoms with Crippen molar-refractivity contribution < 1.29 is 4.79 Å². The molecule has 0 bridgehead atoms. The van der Waals surface area contributed by atoms with Crippen molar-refractivity contribution in [2.45, 2.75) is 25.8 Å². The second-order valence-corrected chi connectivity index (χ2v) is 3.42. The van der Waals surface area contributed by atoms with Gasteiger partial charge in [-0.15, -0.1) is 0 Å². The Kier molecular flexibility index (Phi) is 5.00. The summed E-state index contributed by atoms with van der Waals surface area (Å²) >= 11 is 0. The van der Waals surface area contributed by atoms with E-state index < -0.39 is 0 Å². The van der Waals surface area contributed by atoms with Crippen molar-refractivity contribution >= 4 is 5.91 Å². The first-order chi connectivity index (χ1) is 6.83. The van der Waals surface area contributed by atoms with E-state index in [0.29, 0.717) is 6.04 Å². The van der Waals surface area contributed by atoms with Gasteiger partial charge in [0, 0.05) is 12.1 Å². The van der Waals surface area contributed by atoms with E-state index in [1.54, 1.807) is 12.2 Å². The van der Waals surface area contributed by atoms with Crippen molar-refractivity contribution in [2.24, 2.45) is 0 Å². The maximum absolute atomic E-state index is 11.3. The fourth-order valence-electron chi connectivity index (χ4n) is 1.47. The largest absolute Gasteiger partial charge is 0.350 e. The summed E-state index contributed by atoms with van der Waals surface area (Å²) in [5.74, 6) is 0.00926. The molecule has 0 aromatic heterocycles. The molecule has 2 N–H and O–H groups in total. The monoisotopic (exact) mass is 194 g/mol. The Morgan fingerprint density at radius 1 is 1.36 bits per heavy atom. The van der Waals surface area contributed by atoms with Crippen LogP contribution >= 0.6 is 0 Å². The summed E-state index contributed by atoms with van der Waals surface area (Å²) in [5, 5.41) is 6.24. The van der Waals surface area contributed by atoms with Crippen LogP contribution in [0.1, 0.15) is 19.8 Å². The second-order valence-electron chi connectivity index (χ2n) is 3.42. The van der Waals surface area contributed by atoms with Gasteiger partial charge in [-0.2, -0.15) is 0 Å². The number of carbonyl (C=O) groups excluding carboxylic acids is 1. The number of rotatable bonds is 3. The Labute approximate surface area is 85.3 Å². The van der Waals surface area contributed by atoms with Crippen LogP contribution in [0.4, 0.5) is 0 Å². The highest BCUT2D eigenvalue weighted by Gasteiger charge is 2.13. The second kappa shape index (κ2) is 6.38. The maximum atomic E-state index is 11.3. The van der Waals surface area contributed by atoms with Gasteiger partial charge in [-0.3, -0.25) is 4.79 Å². The first-order valence-corrected chi connectivity index (χ1v) is 5.13. The SMILES string of the molecule is C/C=C/C=C/C(=O)NC1CCNCC1. The molecule has 0 atom stereocenters. The van der Waals surface area contributed by atoms with Crippen LogP contribution in [0, 0.1) is 0 Å². The third-order valence-corrected chi connectivity index (χ3v) is 2.24. The number of amides is 1. The van der Waals surface area contributed by atoms with Gasteiger partial charge in [-0.1, -0.05) is 18.2 Å². The molecule has 1 heterocycles. The molecule has 1 aliphatic rings. The van der Waals surface area contributed by atoms with Gasteiger partial charge in [-0.05, 0) is 32.9 Å². The molecular weight excluding hydrogens is 176 g/mol. The summed E-state index contributed by atoms with van der Waals surface area (Å²) in [5.41, 5.74) is 0. The molecule has 1 saturated heterocycles. The summed E-state index contributed by atoms with van der Waals surface area (Å²) in [6.07, 6.45) is 9.14. The molecule has 0 aromatic carbocycles. The lowest BCUT2D eigenvalue weighted by Crippen LogP contribution is -2.42. The van der Waals surface area contributed by atoms with Gasteiger partial charge in [0.05, 0.1) is 0 Å². The van der Waals surface area contributed by atoms with Crippen LogP contribution in [0.15, 0.2) is 24.3 Å². The van der Waals surface area contributed by atoms with Crippen LogP contribution in [0.5, 0.6) is 0 Å². The average molecular weight is 194 g/mol. The summed E-state index contributed by atoms with van der Waals surface area (Å²) in [6.45, 7) is 3.93. The van der Waals surface area contributed by atoms with Crippen molar-refractivity contribution in [1.82, 2.24) is 10.6 Å². The van der Waals surface area contributed by atoms with Crippen LogP contribution in [0.3, 0.4) is 0 Å². The Balaban J connectivity index is 2.25. The number of nitrogens with one attached hydrogen (secondary N) is 2. The number of carbonyl (C=O) groups is 1. The highest BCUT2D eigenvalue weighted by molar-refractivity contribution is 5.87. The Hall–Kier alpha value is -1.09. The molecule has 0 saturated carbocycles. The molecule has 14 heavy (non-hydrogen) atoms. The first-order valence-electron chi connectivity index (χ1n) is 5.13. The third-order valence-electron chi connectivity index (χ3n) is 2.24. The molecule has 3 heteroatoms. The van der Waals surface area contributed by atoms with Crippen molar-refractivity contribution in [3.8, 4) is 0 Å². The molecular formula is C11H18N2O. The predicted molar refractivity (Wildman–Crippen MR) is 58.0 cm³/mol. The molecule has 0 aromatic rings. The molecule has 0 unspecified atom stereocenters. The molecule has 3 nitrogen and oxygen atoms in total. The summed E-state index contributed by atoms with van der Waals surface area (Å²) in [6, 6.07) is 0.346. The van der Waals surface area contributed by atoms with Crippen molar-refractivity contribution in [3.63, 3.8) is 0 Å². The Morgan fingerprint density at radius 3 is 2.71 bits per heavy atom. The van der Waals surface area contributed by atoms with Gasteiger partial charge in [0.15, 0.2) is 0 Å². The number of hydrogen-bond acceptors (Lipinski definition) is 2. The minimum atomic E-state index is 0.00926. The van der Waals surface area contributed by atoms with Crippen LogP contribution in [0.2, 0.25) is 0 Å². The molecule has 1 rings (SSSR count). The smallest absolute Gasteiger partial charge is 0.244 e. The number of piperidine rings is 1. The standard InChI is InChI=1S/C11H18N2O/c1-2-3-4-5-11(14)13-10-6-8-12-9-7-10/h2-5,10,12H,6-9H2,1H3,(H,13,14)/b3-2+,5-4+. The van der Waals surface area contributed by atoms with Gasteiger partial charge in [-0.25, -0.2) is 0 Å². The van der Waals surface area contributed by atoms with E-state index in [0.717, 1.165) is 25.9 Å². The number of allylic oxidation sites excluding steroid dienone is 3. The first kappa shape index (κ1) is 11.0. The van der Waals surface area contributed by atoms with Gasteiger partial charge in [0.1, 0.15) is 0 Å². The third kappa shape index (κ3) is 4.23. The highest BCUT2D eigenvalue weighted by atomic mass is 16.1. The summed E-state index contributed by atoms with van der Waals surface area (Å²) in [7, 11) is 0. The van der Waals surface area contributed by atoms with Crippen molar-refractivity contribution in [1.29, 1.82) is 0 Å². The molecule has 0 radical (unpaired) electrons.